The lowest BCUT2D eigenvalue weighted by molar-refractivity contribution is -0.138. The smallest absolute Gasteiger partial charge is 0.226 e. The molecule has 3 rings (SSSR count). The summed E-state index contributed by atoms with van der Waals surface area (Å²) in [4.78, 5) is 15.0. The molecule has 2 atom stereocenters. The largest absolute Gasteiger partial charge is 0.335 e. The van der Waals surface area contributed by atoms with E-state index in [1.54, 1.807) is 0 Å². The molecule has 2 unspecified atom stereocenters. The van der Waals surface area contributed by atoms with Gasteiger partial charge in [0.15, 0.2) is 0 Å². The Morgan fingerprint density at radius 3 is 2.39 bits per heavy atom. The minimum absolute atomic E-state index is 0.144. The van der Waals surface area contributed by atoms with Crippen molar-refractivity contribution in [2.24, 2.45) is 11.8 Å². The molecule has 1 amide bonds. The summed E-state index contributed by atoms with van der Waals surface area (Å²) in [6, 6.07) is 9.19. The molecule has 0 bridgehead atoms. The van der Waals surface area contributed by atoms with Crippen LogP contribution >= 0.6 is 0 Å². The topological polar surface area (TPSA) is 32.3 Å². The molecule has 2 heterocycles. The van der Waals surface area contributed by atoms with Gasteiger partial charge in [0.05, 0.1) is 6.04 Å². The molecule has 1 N–H and O–H groups in total. The Labute approximate surface area is 140 Å². The average molecular weight is 314 g/mol. The van der Waals surface area contributed by atoms with Crippen molar-refractivity contribution in [1.29, 1.82) is 0 Å². The maximum atomic E-state index is 12.9. The zero-order valence-corrected chi connectivity index (χ0v) is 14.9. The second-order valence-corrected chi connectivity index (χ2v) is 8.27. The van der Waals surface area contributed by atoms with E-state index in [0.717, 1.165) is 32.5 Å². The fourth-order valence-electron chi connectivity index (χ4n) is 3.71. The predicted molar refractivity (Wildman–Crippen MR) is 94.4 cm³/mol. The van der Waals surface area contributed by atoms with Gasteiger partial charge in [0.1, 0.15) is 0 Å². The van der Waals surface area contributed by atoms with Crippen molar-refractivity contribution in [3.05, 3.63) is 35.4 Å². The van der Waals surface area contributed by atoms with E-state index in [9.17, 15) is 4.79 Å². The van der Waals surface area contributed by atoms with Gasteiger partial charge >= 0.3 is 0 Å². The van der Waals surface area contributed by atoms with Crippen LogP contribution in [-0.4, -0.2) is 30.4 Å². The number of amides is 1. The summed E-state index contributed by atoms with van der Waals surface area (Å²) in [6.45, 7) is 11.7. The molecule has 2 saturated heterocycles. The van der Waals surface area contributed by atoms with Crippen LogP contribution in [0.4, 0.5) is 0 Å². The molecule has 0 aliphatic carbocycles. The molecule has 0 spiro atoms. The molecule has 2 aliphatic rings. The summed E-state index contributed by atoms with van der Waals surface area (Å²) >= 11 is 0. The molecule has 2 fully saturated rings. The summed E-state index contributed by atoms with van der Waals surface area (Å²) in [7, 11) is 0. The number of hydrogen-bond acceptors (Lipinski definition) is 2. The highest BCUT2D eigenvalue weighted by atomic mass is 16.2. The number of carbonyl (C=O) groups excluding carboxylic acids is 1. The van der Waals surface area contributed by atoms with Gasteiger partial charge in [-0.25, -0.2) is 0 Å². The summed E-state index contributed by atoms with van der Waals surface area (Å²) in [5, 5.41) is 3.28. The normalized spacial score (nSPS) is 23.7. The van der Waals surface area contributed by atoms with E-state index in [4.69, 9.17) is 0 Å². The SMILES string of the molecule is CC(C(=O)N1CCCC1c1ccc(C(C)(C)C)cc1)C1CNC1. The molecule has 126 valence electrons. The van der Waals surface area contributed by atoms with Crippen LogP contribution in [0.3, 0.4) is 0 Å². The summed E-state index contributed by atoms with van der Waals surface area (Å²) in [6.07, 6.45) is 2.21. The van der Waals surface area contributed by atoms with Gasteiger partial charge in [-0.1, -0.05) is 52.0 Å². The lowest BCUT2D eigenvalue weighted by Crippen LogP contribution is -2.50. The van der Waals surface area contributed by atoms with Gasteiger partial charge in [-0.15, -0.1) is 0 Å². The van der Waals surface area contributed by atoms with E-state index in [0.29, 0.717) is 11.8 Å². The lowest BCUT2D eigenvalue weighted by atomic mass is 9.85. The second kappa shape index (κ2) is 6.27. The number of rotatable bonds is 3. The molecule has 3 nitrogen and oxygen atoms in total. The van der Waals surface area contributed by atoms with Gasteiger partial charge in [-0.05, 0) is 48.4 Å². The van der Waals surface area contributed by atoms with Gasteiger partial charge in [0.2, 0.25) is 5.91 Å². The molecule has 3 heteroatoms. The highest BCUT2D eigenvalue weighted by Gasteiger charge is 2.36. The Morgan fingerprint density at radius 2 is 1.87 bits per heavy atom. The second-order valence-electron chi connectivity index (χ2n) is 8.27. The van der Waals surface area contributed by atoms with E-state index in [1.165, 1.54) is 11.1 Å². The van der Waals surface area contributed by atoms with Gasteiger partial charge in [-0.2, -0.15) is 0 Å². The molecule has 1 aromatic carbocycles. The number of hydrogen-bond donors (Lipinski definition) is 1. The first-order valence-corrected chi connectivity index (χ1v) is 8.99. The first-order valence-electron chi connectivity index (χ1n) is 8.99. The van der Waals surface area contributed by atoms with Crippen LogP contribution in [0.2, 0.25) is 0 Å². The Morgan fingerprint density at radius 1 is 1.22 bits per heavy atom. The van der Waals surface area contributed by atoms with Crippen molar-refractivity contribution in [3.8, 4) is 0 Å². The number of carbonyl (C=O) groups is 1. The van der Waals surface area contributed by atoms with Gasteiger partial charge in [0, 0.05) is 12.5 Å². The maximum Gasteiger partial charge on any atom is 0.226 e. The number of nitrogens with one attached hydrogen (secondary N) is 1. The summed E-state index contributed by atoms with van der Waals surface area (Å²) in [5.74, 6) is 1.01. The quantitative estimate of drug-likeness (QED) is 0.926. The highest BCUT2D eigenvalue weighted by molar-refractivity contribution is 5.79. The maximum absolute atomic E-state index is 12.9. The predicted octanol–water partition coefficient (Wildman–Crippen LogP) is 3.50. The van der Waals surface area contributed by atoms with E-state index in [2.05, 4.69) is 62.2 Å². The molecule has 0 aromatic heterocycles. The van der Waals surface area contributed by atoms with Crippen LogP contribution in [0.1, 0.15) is 57.7 Å². The fraction of sp³-hybridized carbons (Fsp3) is 0.650. The Balaban J connectivity index is 1.74. The highest BCUT2D eigenvalue weighted by Crippen LogP contribution is 2.35. The number of likely N-dealkylation sites (tertiary alicyclic amines) is 1. The first-order chi connectivity index (χ1) is 10.9. The van der Waals surface area contributed by atoms with E-state index < -0.39 is 0 Å². The molecular formula is C20H30N2O. The van der Waals surface area contributed by atoms with Crippen LogP contribution in [-0.2, 0) is 10.2 Å². The van der Waals surface area contributed by atoms with Crippen LogP contribution in [0, 0.1) is 11.8 Å². The van der Waals surface area contributed by atoms with Gasteiger partial charge in [-0.3, -0.25) is 4.79 Å². The van der Waals surface area contributed by atoms with Crippen molar-refractivity contribution in [1.82, 2.24) is 10.2 Å². The number of benzene rings is 1. The molecular weight excluding hydrogens is 284 g/mol. The van der Waals surface area contributed by atoms with Crippen molar-refractivity contribution in [2.75, 3.05) is 19.6 Å². The van der Waals surface area contributed by atoms with Crippen molar-refractivity contribution < 1.29 is 4.79 Å². The Hall–Kier alpha value is -1.35. The van der Waals surface area contributed by atoms with Crippen molar-refractivity contribution in [3.63, 3.8) is 0 Å². The molecule has 2 aliphatic heterocycles. The lowest BCUT2D eigenvalue weighted by Gasteiger charge is -2.36. The Kier molecular flexibility index (Phi) is 4.50. The third kappa shape index (κ3) is 3.30. The number of nitrogens with zero attached hydrogens (tertiary/aromatic N) is 1. The Bertz CT molecular complexity index is 554. The minimum Gasteiger partial charge on any atom is -0.335 e. The zero-order valence-electron chi connectivity index (χ0n) is 14.9. The molecule has 1 aromatic rings. The van der Waals surface area contributed by atoms with Crippen molar-refractivity contribution >= 4 is 5.91 Å². The third-order valence-electron chi connectivity index (χ3n) is 5.61. The molecule has 0 radical (unpaired) electrons. The van der Waals surface area contributed by atoms with Crippen LogP contribution < -0.4 is 5.32 Å². The van der Waals surface area contributed by atoms with E-state index in [-0.39, 0.29) is 17.4 Å². The third-order valence-corrected chi connectivity index (χ3v) is 5.61. The zero-order chi connectivity index (χ0) is 16.6. The monoisotopic (exact) mass is 314 g/mol. The van der Waals surface area contributed by atoms with Crippen LogP contribution in [0.15, 0.2) is 24.3 Å². The van der Waals surface area contributed by atoms with Gasteiger partial charge in [0.25, 0.3) is 0 Å². The molecule has 0 saturated carbocycles. The standard InChI is InChI=1S/C20H30N2O/c1-14(16-12-21-13-16)19(23)22-11-5-6-18(22)15-7-9-17(10-8-15)20(2,3)4/h7-10,14,16,18,21H,5-6,11-13H2,1-4H3. The summed E-state index contributed by atoms with van der Waals surface area (Å²) in [5.41, 5.74) is 2.82. The summed E-state index contributed by atoms with van der Waals surface area (Å²) < 4.78 is 0. The van der Waals surface area contributed by atoms with E-state index >= 15 is 0 Å². The van der Waals surface area contributed by atoms with E-state index in [1.807, 2.05) is 0 Å². The van der Waals surface area contributed by atoms with Crippen molar-refractivity contribution in [2.45, 2.75) is 52.0 Å². The average Bonchev–Trinajstić information content (AvgIpc) is 2.93. The van der Waals surface area contributed by atoms with Crippen LogP contribution in [0.25, 0.3) is 0 Å². The van der Waals surface area contributed by atoms with Crippen LogP contribution in [0.5, 0.6) is 0 Å². The van der Waals surface area contributed by atoms with Gasteiger partial charge < -0.3 is 10.2 Å². The fourth-order valence-corrected chi connectivity index (χ4v) is 3.71. The first kappa shape index (κ1) is 16.5. The molecule has 23 heavy (non-hydrogen) atoms. The minimum atomic E-state index is 0.144.